The van der Waals surface area contributed by atoms with Crippen LogP contribution < -0.4 is 10.1 Å². The van der Waals surface area contributed by atoms with Crippen molar-refractivity contribution in [3.05, 3.63) is 30.3 Å². The molecule has 0 spiro atoms. The molecule has 150 valence electrons. The Balaban J connectivity index is 1.49. The second-order valence-electron chi connectivity index (χ2n) is 7.45. The summed E-state index contributed by atoms with van der Waals surface area (Å²) >= 11 is 0. The van der Waals surface area contributed by atoms with Gasteiger partial charge in [-0.2, -0.15) is 0 Å². The van der Waals surface area contributed by atoms with Crippen molar-refractivity contribution in [1.82, 2.24) is 15.1 Å². The second-order valence-corrected chi connectivity index (χ2v) is 7.45. The predicted molar refractivity (Wildman–Crippen MR) is 109 cm³/mol. The molecule has 2 unspecified atom stereocenters. The number of nitrogens with zero attached hydrogens (tertiary/aromatic N) is 3. The van der Waals surface area contributed by atoms with Crippen LogP contribution in [0, 0.1) is 5.92 Å². The maximum atomic E-state index is 5.96. The van der Waals surface area contributed by atoms with Crippen molar-refractivity contribution in [2.24, 2.45) is 10.9 Å². The molecule has 2 heterocycles. The first-order chi connectivity index (χ1) is 13.2. The third-order valence-corrected chi connectivity index (χ3v) is 5.12. The highest BCUT2D eigenvalue weighted by molar-refractivity contribution is 5.80. The largest absolute Gasteiger partial charge is 0.489 e. The van der Waals surface area contributed by atoms with Crippen LogP contribution in [-0.4, -0.2) is 80.9 Å². The summed E-state index contributed by atoms with van der Waals surface area (Å²) in [5.41, 5.74) is 0. The van der Waals surface area contributed by atoms with Gasteiger partial charge < -0.3 is 19.7 Å². The molecule has 0 saturated carbocycles. The van der Waals surface area contributed by atoms with E-state index < -0.39 is 0 Å². The molecule has 0 aliphatic carbocycles. The van der Waals surface area contributed by atoms with Crippen molar-refractivity contribution in [3.8, 4) is 5.75 Å². The van der Waals surface area contributed by atoms with Crippen LogP contribution in [0.15, 0.2) is 35.3 Å². The summed E-state index contributed by atoms with van der Waals surface area (Å²) in [7, 11) is 0. The minimum atomic E-state index is 0.0489. The molecule has 2 aliphatic rings. The quantitative estimate of drug-likeness (QED) is 0.585. The lowest BCUT2D eigenvalue weighted by atomic mass is 10.1. The molecule has 2 fully saturated rings. The SMILES string of the molecule is CCNC(=NCC(C)Oc1ccccc1)N1CCC(CN2CCOCC2)C1. The van der Waals surface area contributed by atoms with Gasteiger partial charge in [0.2, 0.25) is 0 Å². The first kappa shape index (κ1) is 20.0. The number of hydrogen-bond donors (Lipinski definition) is 1. The lowest BCUT2D eigenvalue weighted by Gasteiger charge is -2.29. The highest BCUT2D eigenvalue weighted by atomic mass is 16.5. The molecule has 6 nitrogen and oxygen atoms in total. The number of morpholine rings is 1. The van der Waals surface area contributed by atoms with E-state index in [4.69, 9.17) is 14.5 Å². The van der Waals surface area contributed by atoms with Crippen molar-refractivity contribution < 1.29 is 9.47 Å². The van der Waals surface area contributed by atoms with Crippen LogP contribution in [0.2, 0.25) is 0 Å². The molecule has 2 aliphatic heterocycles. The molecule has 1 aromatic rings. The highest BCUT2D eigenvalue weighted by Gasteiger charge is 2.27. The van der Waals surface area contributed by atoms with Crippen molar-refractivity contribution in [2.75, 3.05) is 59.0 Å². The lowest BCUT2D eigenvalue weighted by molar-refractivity contribution is 0.0315. The normalized spacial score (nSPS) is 22.7. The number of para-hydroxylation sites is 1. The van der Waals surface area contributed by atoms with Crippen LogP contribution >= 0.6 is 0 Å². The summed E-state index contributed by atoms with van der Waals surface area (Å²) in [6.45, 7) is 13.0. The zero-order valence-corrected chi connectivity index (χ0v) is 16.8. The predicted octanol–water partition coefficient (Wildman–Crippen LogP) is 2.07. The van der Waals surface area contributed by atoms with E-state index in [1.165, 1.54) is 13.0 Å². The van der Waals surface area contributed by atoms with E-state index in [-0.39, 0.29) is 6.10 Å². The Labute approximate surface area is 163 Å². The van der Waals surface area contributed by atoms with Gasteiger partial charge in [-0.1, -0.05) is 18.2 Å². The smallest absolute Gasteiger partial charge is 0.194 e. The summed E-state index contributed by atoms with van der Waals surface area (Å²) in [6, 6.07) is 9.96. The Bertz CT molecular complexity index is 575. The average Bonchev–Trinajstić information content (AvgIpc) is 3.15. The molecule has 0 amide bonds. The summed E-state index contributed by atoms with van der Waals surface area (Å²) in [5, 5.41) is 3.45. The molecule has 1 aromatic carbocycles. The summed E-state index contributed by atoms with van der Waals surface area (Å²) in [6.07, 6.45) is 1.28. The fourth-order valence-electron chi connectivity index (χ4n) is 3.73. The fourth-order valence-corrected chi connectivity index (χ4v) is 3.73. The molecule has 3 rings (SSSR count). The number of hydrogen-bond acceptors (Lipinski definition) is 4. The monoisotopic (exact) mass is 374 g/mol. The van der Waals surface area contributed by atoms with E-state index >= 15 is 0 Å². The number of aliphatic imine (C=N–C) groups is 1. The summed E-state index contributed by atoms with van der Waals surface area (Å²) < 4.78 is 11.4. The van der Waals surface area contributed by atoms with Crippen molar-refractivity contribution in [3.63, 3.8) is 0 Å². The molecule has 0 radical (unpaired) electrons. The van der Waals surface area contributed by atoms with E-state index in [0.29, 0.717) is 12.5 Å². The number of nitrogens with one attached hydrogen (secondary N) is 1. The van der Waals surface area contributed by atoms with E-state index in [0.717, 1.165) is 57.6 Å². The van der Waals surface area contributed by atoms with Gasteiger partial charge in [0.05, 0.1) is 19.8 Å². The number of benzene rings is 1. The van der Waals surface area contributed by atoms with E-state index in [2.05, 4.69) is 29.0 Å². The van der Waals surface area contributed by atoms with Gasteiger partial charge in [0.25, 0.3) is 0 Å². The van der Waals surface area contributed by atoms with Crippen LogP contribution in [0.1, 0.15) is 20.3 Å². The van der Waals surface area contributed by atoms with Gasteiger partial charge in [-0.3, -0.25) is 4.90 Å². The Hall–Kier alpha value is -1.79. The van der Waals surface area contributed by atoms with Gasteiger partial charge >= 0.3 is 0 Å². The number of rotatable bonds is 7. The van der Waals surface area contributed by atoms with Gasteiger partial charge in [0.15, 0.2) is 5.96 Å². The molecule has 2 saturated heterocycles. The minimum absolute atomic E-state index is 0.0489. The van der Waals surface area contributed by atoms with Crippen molar-refractivity contribution >= 4 is 5.96 Å². The van der Waals surface area contributed by atoms with Crippen LogP contribution in [0.25, 0.3) is 0 Å². The molecule has 0 bridgehead atoms. The molecule has 0 aromatic heterocycles. The van der Waals surface area contributed by atoms with Crippen LogP contribution in [0.4, 0.5) is 0 Å². The third-order valence-electron chi connectivity index (χ3n) is 5.12. The van der Waals surface area contributed by atoms with Gasteiger partial charge in [-0.05, 0) is 38.3 Å². The van der Waals surface area contributed by atoms with Crippen molar-refractivity contribution in [2.45, 2.75) is 26.4 Å². The Morgan fingerprint density at radius 1 is 1.26 bits per heavy atom. The third kappa shape index (κ3) is 6.40. The molecule has 2 atom stereocenters. The van der Waals surface area contributed by atoms with Gasteiger partial charge in [-0.25, -0.2) is 4.99 Å². The standard InChI is InChI=1S/C21H34N4O2/c1-3-22-21(23-15-18(2)27-20-7-5-4-6-8-20)25-10-9-19(17-25)16-24-11-13-26-14-12-24/h4-8,18-19H,3,9-17H2,1-2H3,(H,22,23). The van der Waals surface area contributed by atoms with E-state index in [1.54, 1.807) is 0 Å². The fraction of sp³-hybridized carbons (Fsp3) is 0.667. The maximum Gasteiger partial charge on any atom is 0.194 e. The molecule has 1 N–H and O–H groups in total. The van der Waals surface area contributed by atoms with Crippen molar-refractivity contribution in [1.29, 1.82) is 0 Å². The Morgan fingerprint density at radius 3 is 2.78 bits per heavy atom. The van der Waals surface area contributed by atoms with E-state index in [9.17, 15) is 0 Å². The van der Waals surface area contributed by atoms with Gasteiger partial charge in [-0.15, -0.1) is 0 Å². The van der Waals surface area contributed by atoms with Gasteiger partial charge in [0, 0.05) is 39.3 Å². The summed E-state index contributed by atoms with van der Waals surface area (Å²) in [5.74, 6) is 2.63. The molecule has 27 heavy (non-hydrogen) atoms. The zero-order valence-electron chi connectivity index (χ0n) is 16.8. The van der Waals surface area contributed by atoms with Crippen LogP contribution in [-0.2, 0) is 4.74 Å². The Morgan fingerprint density at radius 2 is 2.04 bits per heavy atom. The van der Waals surface area contributed by atoms with Gasteiger partial charge in [0.1, 0.15) is 11.9 Å². The first-order valence-corrected chi connectivity index (χ1v) is 10.3. The van der Waals surface area contributed by atoms with E-state index in [1.807, 2.05) is 30.3 Å². The first-order valence-electron chi connectivity index (χ1n) is 10.3. The number of likely N-dealkylation sites (tertiary alicyclic amines) is 1. The number of guanidine groups is 1. The molecular weight excluding hydrogens is 340 g/mol. The lowest BCUT2D eigenvalue weighted by Crippen LogP contribution is -2.42. The summed E-state index contributed by atoms with van der Waals surface area (Å²) in [4.78, 5) is 9.79. The maximum absolute atomic E-state index is 5.96. The Kier molecular flexibility index (Phi) is 7.78. The van der Waals surface area contributed by atoms with Crippen LogP contribution in [0.3, 0.4) is 0 Å². The topological polar surface area (TPSA) is 49.3 Å². The number of ether oxygens (including phenoxy) is 2. The molecule has 6 heteroatoms. The highest BCUT2D eigenvalue weighted by Crippen LogP contribution is 2.18. The second kappa shape index (κ2) is 10.5. The molecular formula is C21H34N4O2. The van der Waals surface area contributed by atoms with Crippen LogP contribution in [0.5, 0.6) is 5.75 Å². The zero-order chi connectivity index (χ0) is 18.9. The minimum Gasteiger partial charge on any atom is -0.489 e. The average molecular weight is 375 g/mol.